The molecule has 0 N–H and O–H groups in total. The molecule has 1 aliphatic rings. The van der Waals surface area contributed by atoms with Crippen LogP contribution in [0.4, 0.5) is 8.78 Å². The first-order chi connectivity index (χ1) is 10.6. The Labute approximate surface area is 132 Å². The van der Waals surface area contributed by atoms with Gasteiger partial charge in [0.25, 0.3) is 0 Å². The van der Waals surface area contributed by atoms with Crippen LogP contribution in [0.15, 0.2) is 24.3 Å². The van der Waals surface area contributed by atoms with Crippen molar-refractivity contribution in [3.63, 3.8) is 0 Å². The van der Waals surface area contributed by atoms with Crippen molar-refractivity contribution in [3.8, 4) is 5.75 Å². The van der Waals surface area contributed by atoms with Gasteiger partial charge in [-0.15, -0.1) is 0 Å². The highest BCUT2D eigenvalue weighted by molar-refractivity contribution is 5.31. The van der Waals surface area contributed by atoms with E-state index in [2.05, 4.69) is 19.1 Å². The Bertz CT molecular complexity index is 502. The average Bonchev–Trinajstić information content (AvgIpc) is 2.52. The van der Waals surface area contributed by atoms with Gasteiger partial charge in [-0.2, -0.15) is 4.39 Å². The van der Waals surface area contributed by atoms with E-state index < -0.39 is 11.6 Å². The van der Waals surface area contributed by atoms with E-state index in [1.807, 2.05) is 0 Å². The monoisotopic (exact) mass is 308 g/mol. The number of halogens is 2. The third-order valence-corrected chi connectivity index (χ3v) is 4.48. The molecule has 1 aromatic rings. The largest absolute Gasteiger partial charge is 0.491 e. The maximum absolute atomic E-state index is 13.9. The van der Waals surface area contributed by atoms with E-state index in [-0.39, 0.29) is 5.75 Å². The molecule has 0 radical (unpaired) electrons. The highest BCUT2D eigenvalue weighted by Crippen LogP contribution is 2.29. The molecule has 1 aliphatic carbocycles. The van der Waals surface area contributed by atoms with Gasteiger partial charge in [0.15, 0.2) is 11.6 Å². The summed E-state index contributed by atoms with van der Waals surface area (Å²) in [6.45, 7) is 4.39. The molecule has 0 amide bonds. The molecule has 122 valence electrons. The Kier molecular flexibility index (Phi) is 6.41. The van der Waals surface area contributed by atoms with Crippen molar-refractivity contribution in [1.29, 1.82) is 0 Å². The molecule has 22 heavy (non-hydrogen) atoms. The molecule has 0 spiro atoms. The summed E-state index contributed by atoms with van der Waals surface area (Å²) in [5.41, 5.74) is 0.419. The Balaban J connectivity index is 1.85. The zero-order valence-electron chi connectivity index (χ0n) is 13.6. The zero-order chi connectivity index (χ0) is 15.9. The van der Waals surface area contributed by atoms with Gasteiger partial charge in [0.2, 0.25) is 5.82 Å². The first-order valence-electron chi connectivity index (χ1n) is 8.38. The van der Waals surface area contributed by atoms with Crippen LogP contribution in [0, 0.1) is 23.5 Å². The summed E-state index contributed by atoms with van der Waals surface area (Å²) in [7, 11) is 0. The van der Waals surface area contributed by atoms with E-state index in [1.165, 1.54) is 31.7 Å². The summed E-state index contributed by atoms with van der Waals surface area (Å²) >= 11 is 0. The molecule has 0 saturated heterocycles. The molecular formula is C19H26F2O. The van der Waals surface area contributed by atoms with Gasteiger partial charge in [-0.05, 0) is 56.1 Å². The van der Waals surface area contributed by atoms with E-state index in [4.69, 9.17) is 4.74 Å². The minimum atomic E-state index is -0.871. The third kappa shape index (κ3) is 4.56. The Morgan fingerprint density at radius 1 is 1.14 bits per heavy atom. The molecule has 0 aromatic heterocycles. The zero-order valence-corrected chi connectivity index (χ0v) is 13.6. The lowest BCUT2D eigenvalue weighted by atomic mass is 9.83. The van der Waals surface area contributed by atoms with Crippen molar-refractivity contribution in [2.75, 3.05) is 6.61 Å². The van der Waals surface area contributed by atoms with Crippen molar-refractivity contribution in [1.82, 2.24) is 0 Å². The van der Waals surface area contributed by atoms with Crippen LogP contribution in [-0.2, 0) is 6.42 Å². The number of hydrogen-bond acceptors (Lipinski definition) is 1. The highest BCUT2D eigenvalue weighted by Gasteiger charge is 2.16. The van der Waals surface area contributed by atoms with Gasteiger partial charge in [-0.3, -0.25) is 0 Å². The van der Waals surface area contributed by atoms with Crippen LogP contribution >= 0.6 is 0 Å². The molecule has 0 aliphatic heterocycles. The molecule has 1 saturated carbocycles. The number of hydrogen-bond donors (Lipinski definition) is 0. The molecule has 0 bridgehead atoms. The SMILES string of the molecule is CCOc1ccc(CC/C=C/C2CCC(C)CC2)c(F)c1F. The molecule has 3 heteroatoms. The van der Waals surface area contributed by atoms with E-state index in [9.17, 15) is 8.78 Å². The van der Waals surface area contributed by atoms with Crippen LogP contribution in [0.1, 0.15) is 51.5 Å². The number of aryl methyl sites for hydroxylation is 1. The Morgan fingerprint density at radius 3 is 2.55 bits per heavy atom. The van der Waals surface area contributed by atoms with Crippen molar-refractivity contribution in [2.24, 2.45) is 11.8 Å². The van der Waals surface area contributed by atoms with Crippen molar-refractivity contribution in [3.05, 3.63) is 41.5 Å². The van der Waals surface area contributed by atoms with E-state index in [1.54, 1.807) is 13.0 Å². The quantitative estimate of drug-likeness (QED) is 0.614. The van der Waals surface area contributed by atoms with Gasteiger partial charge in [0, 0.05) is 0 Å². The minimum Gasteiger partial charge on any atom is -0.491 e. The normalized spacial score (nSPS) is 22.2. The summed E-state index contributed by atoms with van der Waals surface area (Å²) in [5, 5.41) is 0. The standard InChI is InChI=1S/C19H26F2O/c1-3-22-17-13-12-16(18(20)19(17)21)7-5-4-6-15-10-8-14(2)9-11-15/h4,6,12-15H,3,5,7-11H2,1-2H3/b6-4+. The van der Waals surface area contributed by atoms with E-state index >= 15 is 0 Å². The van der Waals surface area contributed by atoms with Crippen molar-refractivity contribution < 1.29 is 13.5 Å². The summed E-state index contributed by atoms with van der Waals surface area (Å²) < 4.78 is 32.8. The fraction of sp³-hybridized carbons (Fsp3) is 0.579. The van der Waals surface area contributed by atoms with Crippen LogP contribution in [0.5, 0.6) is 5.75 Å². The number of allylic oxidation sites excluding steroid dienone is 2. The van der Waals surface area contributed by atoms with Crippen LogP contribution in [0.3, 0.4) is 0 Å². The lowest BCUT2D eigenvalue weighted by Gasteiger charge is -2.23. The average molecular weight is 308 g/mol. The number of rotatable bonds is 6. The Morgan fingerprint density at radius 2 is 1.86 bits per heavy atom. The van der Waals surface area contributed by atoms with E-state index in [0.29, 0.717) is 24.5 Å². The second kappa shape index (κ2) is 8.30. The van der Waals surface area contributed by atoms with E-state index in [0.717, 1.165) is 12.3 Å². The predicted octanol–water partition coefficient (Wildman–Crippen LogP) is 5.68. The van der Waals surface area contributed by atoms with Gasteiger partial charge in [-0.1, -0.05) is 38.0 Å². The van der Waals surface area contributed by atoms with Crippen molar-refractivity contribution in [2.45, 2.75) is 52.4 Å². The van der Waals surface area contributed by atoms with Crippen LogP contribution in [0.2, 0.25) is 0 Å². The topological polar surface area (TPSA) is 9.23 Å². The Hall–Kier alpha value is -1.38. The second-order valence-corrected chi connectivity index (χ2v) is 6.27. The second-order valence-electron chi connectivity index (χ2n) is 6.27. The minimum absolute atomic E-state index is 0.00406. The first-order valence-corrected chi connectivity index (χ1v) is 8.38. The predicted molar refractivity (Wildman–Crippen MR) is 86.1 cm³/mol. The van der Waals surface area contributed by atoms with Gasteiger partial charge >= 0.3 is 0 Å². The molecule has 0 unspecified atom stereocenters. The number of ether oxygens (including phenoxy) is 1. The molecule has 0 atom stereocenters. The maximum Gasteiger partial charge on any atom is 0.200 e. The van der Waals surface area contributed by atoms with Gasteiger partial charge in [0.05, 0.1) is 6.61 Å². The molecule has 1 fully saturated rings. The molecule has 0 heterocycles. The smallest absolute Gasteiger partial charge is 0.200 e. The van der Waals surface area contributed by atoms with Crippen LogP contribution < -0.4 is 4.74 Å². The summed E-state index contributed by atoms with van der Waals surface area (Å²) in [6, 6.07) is 3.14. The molecule has 2 rings (SSSR count). The van der Waals surface area contributed by atoms with Gasteiger partial charge < -0.3 is 4.74 Å². The summed E-state index contributed by atoms with van der Waals surface area (Å²) in [5.74, 6) is -0.130. The lowest BCUT2D eigenvalue weighted by molar-refractivity contribution is 0.313. The number of benzene rings is 1. The first kappa shape index (κ1) is 17.0. The van der Waals surface area contributed by atoms with Gasteiger partial charge in [0.1, 0.15) is 0 Å². The van der Waals surface area contributed by atoms with Crippen LogP contribution in [0.25, 0.3) is 0 Å². The molecular weight excluding hydrogens is 282 g/mol. The third-order valence-electron chi connectivity index (χ3n) is 4.48. The van der Waals surface area contributed by atoms with Crippen molar-refractivity contribution >= 4 is 0 Å². The summed E-state index contributed by atoms with van der Waals surface area (Å²) in [4.78, 5) is 0. The highest BCUT2D eigenvalue weighted by atomic mass is 19.2. The maximum atomic E-state index is 13.9. The van der Waals surface area contributed by atoms with Gasteiger partial charge in [-0.25, -0.2) is 4.39 Å². The molecule has 1 aromatic carbocycles. The van der Waals surface area contributed by atoms with Crippen LogP contribution in [-0.4, -0.2) is 6.61 Å². The fourth-order valence-electron chi connectivity index (χ4n) is 3.04. The lowest BCUT2D eigenvalue weighted by Crippen LogP contribution is -2.10. The fourth-order valence-corrected chi connectivity index (χ4v) is 3.04. The summed E-state index contributed by atoms with van der Waals surface area (Å²) in [6.07, 6.45) is 10.8. The molecule has 1 nitrogen and oxygen atoms in total.